The molecule has 0 aliphatic carbocycles. The summed E-state index contributed by atoms with van der Waals surface area (Å²) in [7, 11) is -14.8. The number of nitrogens with two attached hydrogens (primary N) is 1. The average Bonchev–Trinajstić information content (AvgIpc) is 3.06. The molecule has 6 N–H and O–H groups in total. The Bertz CT molecular complexity index is 1040. The molecule has 2 rings (SSSR count). The van der Waals surface area contributed by atoms with Gasteiger partial charge in [0.1, 0.15) is 6.73 Å². The lowest BCUT2D eigenvalue weighted by atomic mass is 10.2. The van der Waals surface area contributed by atoms with E-state index in [0.29, 0.717) is 11.3 Å². The maximum Gasteiger partial charge on any atom is 0.490 e. The van der Waals surface area contributed by atoms with E-state index in [-0.39, 0.29) is 25.2 Å². The first kappa shape index (κ1) is 25.5. The number of nitrogens with zero attached hydrogens (tertiary/aromatic N) is 4. The smallest absolute Gasteiger partial charge is 0.480 e. The third-order valence-electron chi connectivity index (χ3n) is 3.01. The predicted octanol–water partition coefficient (Wildman–Crippen LogP) is 0.248. The number of rotatable bonds is 12. The van der Waals surface area contributed by atoms with Gasteiger partial charge < -0.3 is 39.3 Å². The van der Waals surface area contributed by atoms with Crippen molar-refractivity contribution in [1.82, 2.24) is 19.5 Å². The molecule has 2 aromatic rings. The molecule has 174 valence electrons. The third-order valence-corrected chi connectivity index (χ3v) is 6.85. The van der Waals surface area contributed by atoms with Gasteiger partial charge in [0.05, 0.1) is 37.9 Å². The van der Waals surface area contributed by atoms with Crippen molar-refractivity contribution < 1.29 is 55.9 Å². The number of methoxy groups -OCH3 is 1. The highest BCUT2D eigenvalue weighted by molar-refractivity contribution is 7.66. The van der Waals surface area contributed by atoms with Gasteiger partial charge in [0, 0.05) is 12.4 Å². The molecule has 0 spiro atoms. The van der Waals surface area contributed by atoms with Crippen molar-refractivity contribution in [3.05, 3.63) is 18.7 Å². The lowest BCUT2D eigenvalue weighted by molar-refractivity contribution is 0.0455. The van der Waals surface area contributed by atoms with Crippen LogP contribution in [0.1, 0.15) is 0 Å². The summed E-state index contributed by atoms with van der Waals surface area (Å²) in [6, 6.07) is 0. The van der Waals surface area contributed by atoms with Crippen molar-refractivity contribution in [1.29, 1.82) is 0 Å². The maximum atomic E-state index is 11.5. The first-order valence-corrected chi connectivity index (χ1v) is 12.4. The molecule has 0 aromatic carbocycles. The lowest BCUT2D eigenvalue weighted by Crippen LogP contribution is -2.07. The minimum Gasteiger partial charge on any atom is -0.480 e. The van der Waals surface area contributed by atoms with E-state index in [9.17, 15) is 18.6 Å². The van der Waals surface area contributed by atoms with E-state index >= 15 is 0 Å². The Kier molecular flexibility index (Phi) is 8.44. The second-order valence-electron chi connectivity index (χ2n) is 5.39. The highest BCUT2D eigenvalue weighted by Gasteiger charge is 2.40. The van der Waals surface area contributed by atoms with Crippen molar-refractivity contribution in [3.63, 3.8) is 0 Å². The predicted molar refractivity (Wildman–Crippen MR) is 100.0 cm³/mol. The molecule has 0 aliphatic heterocycles. The highest BCUT2D eigenvalue weighted by Crippen LogP contribution is 2.66. The van der Waals surface area contributed by atoms with E-state index in [4.69, 9.17) is 29.9 Å². The Hall–Kier alpha value is -1.74. The van der Waals surface area contributed by atoms with Crippen LogP contribution in [0.3, 0.4) is 0 Å². The zero-order valence-electron chi connectivity index (χ0n) is 15.6. The summed E-state index contributed by atoms with van der Waals surface area (Å²) in [5.41, 5.74) is 6.42. The minimum atomic E-state index is -5.56. The summed E-state index contributed by atoms with van der Waals surface area (Å²) < 4.78 is 56.6. The van der Waals surface area contributed by atoms with E-state index in [1.54, 1.807) is 6.20 Å². The number of phosphoric acid groups is 3. The molecule has 0 saturated carbocycles. The highest BCUT2D eigenvalue weighted by atomic mass is 31.3. The van der Waals surface area contributed by atoms with Gasteiger partial charge in [0.25, 0.3) is 0 Å². The van der Waals surface area contributed by atoms with E-state index in [0.717, 1.165) is 0 Å². The molecule has 0 fully saturated rings. The van der Waals surface area contributed by atoms with Crippen LogP contribution in [0.15, 0.2) is 18.7 Å². The molecule has 0 bridgehead atoms. The van der Waals surface area contributed by atoms with Gasteiger partial charge in [0.15, 0.2) is 0 Å². The molecule has 0 radical (unpaired) electrons. The number of imidazole rings is 1. The molecular weight excluding hydrogens is 487 g/mol. The van der Waals surface area contributed by atoms with Crippen LogP contribution in [0.4, 0.5) is 5.95 Å². The van der Waals surface area contributed by atoms with Gasteiger partial charge in [-0.05, 0) is 0 Å². The Balaban J connectivity index is 1.82. The minimum absolute atomic E-state index is 0.0272. The quantitative estimate of drug-likeness (QED) is 0.191. The second kappa shape index (κ2) is 10.3. The van der Waals surface area contributed by atoms with Crippen LogP contribution in [0, 0.1) is 0 Å². The van der Waals surface area contributed by atoms with Crippen molar-refractivity contribution in [2.45, 2.75) is 6.73 Å². The van der Waals surface area contributed by atoms with E-state index in [1.165, 1.54) is 24.2 Å². The van der Waals surface area contributed by atoms with E-state index < -0.39 is 30.1 Å². The number of phosphoric ester groups is 1. The van der Waals surface area contributed by atoms with Gasteiger partial charge in [-0.3, -0.25) is 4.52 Å². The van der Waals surface area contributed by atoms with Crippen molar-refractivity contribution in [2.24, 2.45) is 0 Å². The normalized spacial score (nSPS) is 15.9. The topological polar surface area (TPSA) is 248 Å². The molecule has 0 aliphatic rings. The molecule has 2 heterocycles. The molecule has 0 amide bonds. The zero-order valence-corrected chi connectivity index (χ0v) is 18.3. The summed E-state index contributed by atoms with van der Waals surface area (Å²) in [5.74, 6) is 0.244. The lowest BCUT2D eigenvalue weighted by Gasteiger charge is -2.16. The van der Waals surface area contributed by atoms with Gasteiger partial charge in [-0.25, -0.2) is 23.7 Å². The Morgan fingerprint density at radius 3 is 2.42 bits per heavy atom. The Morgan fingerprint density at radius 2 is 1.77 bits per heavy atom. The maximum absolute atomic E-state index is 11.5. The molecular formula is C11H18N5O12P3. The number of ether oxygens (including phenoxy) is 2. The van der Waals surface area contributed by atoms with Gasteiger partial charge in [0.2, 0.25) is 11.8 Å². The summed E-state index contributed by atoms with van der Waals surface area (Å²) in [5, 5.41) is 0. The molecule has 31 heavy (non-hydrogen) atoms. The zero-order chi connectivity index (χ0) is 23.3. The molecule has 2 atom stereocenters. The first-order valence-electron chi connectivity index (χ1n) is 7.85. The van der Waals surface area contributed by atoms with Crippen molar-refractivity contribution in [3.8, 4) is 17.1 Å². The fourth-order valence-electron chi connectivity index (χ4n) is 1.96. The van der Waals surface area contributed by atoms with E-state index in [2.05, 4.69) is 28.1 Å². The molecule has 2 aromatic heterocycles. The molecule has 2 unspecified atom stereocenters. The standard InChI is InChI=1S/C11H18N5O12P3/c1-24-10-8(4-13-11(12)15-10)9-5-16(6-14-9)7-25-2-3-26-30(20,21)28-31(22,23)27-29(17,18)19/h4-6H,2-3,7H2,1H3,(H,20,21)(H,22,23)(H2,12,13,15)(H2,17,18,19). The van der Waals surface area contributed by atoms with Crippen LogP contribution in [0.25, 0.3) is 11.3 Å². The Labute approximate surface area is 174 Å². The molecule has 17 nitrogen and oxygen atoms in total. The van der Waals surface area contributed by atoms with Crippen LogP contribution in [-0.2, 0) is 38.3 Å². The van der Waals surface area contributed by atoms with Crippen LogP contribution in [0.5, 0.6) is 5.88 Å². The summed E-state index contributed by atoms with van der Waals surface area (Å²) in [6.07, 6.45) is 4.41. The number of hydrogen-bond acceptors (Lipinski definition) is 12. The van der Waals surface area contributed by atoms with Crippen LogP contribution >= 0.6 is 23.5 Å². The van der Waals surface area contributed by atoms with Gasteiger partial charge in [-0.1, -0.05) is 0 Å². The number of nitrogen functional groups attached to an aromatic ring is 1. The van der Waals surface area contributed by atoms with Crippen molar-refractivity contribution >= 4 is 29.4 Å². The fraction of sp³-hybridized carbons (Fsp3) is 0.364. The first-order chi connectivity index (χ1) is 14.3. The fourth-order valence-corrected chi connectivity index (χ4v) is 4.96. The molecule has 20 heteroatoms. The van der Waals surface area contributed by atoms with Crippen LogP contribution in [0.2, 0.25) is 0 Å². The van der Waals surface area contributed by atoms with Gasteiger partial charge >= 0.3 is 23.5 Å². The van der Waals surface area contributed by atoms with Gasteiger partial charge in [-0.15, -0.1) is 0 Å². The third kappa shape index (κ3) is 8.73. The SMILES string of the molecule is COc1nc(N)ncc1-c1cn(COCCOP(=O)(O)OP(=O)(O)OP(=O)(O)O)cn1. The summed E-state index contributed by atoms with van der Waals surface area (Å²) in [4.78, 5) is 47.1. The number of aromatic nitrogens is 4. The largest absolute Gasteiger partial charge is 0.490 e. The summed E-state index contributed by atoms with van der Waals surface area (Å²) in [6.45, 7) is -0.916. The van der Waals surface area contributed by atoms with Crippen LogP contribution < -0.4 is 10.5 Å². The van der Waals surface area contributed by atoms with Crippen LogP contribution in [-0.4, -0.2) is 59.4 Å². The second-order valence-corrected chi connectivity index (χ2v) is 9.81. The average molecular weight is 505 g/mol. The monoisotopic (exact) mass is 505 g/mol. The summed E-state index contributed by atoms with van der Waals surface area (Å²) >= 11 is 0. The van der Waals surface area contributed by atoms with Crippen molar-refractivity contribution in [2.75, 3.05) is 26.1 Å². The number of anilines is 1. The van der Waals surface area contributed by atoms with E-state index in [1.807, 2.05) is 0 Å². The Morgan fingerprint density at radius 1 is 1.06 bits per heavy atom. The van der Waals surface area contributed by atoms with Gasteiger partial charge in [-0.2, -0.15) is 13.6 Å². The molecule has 0 saturated heterocycles. The number of hydrogen-bond donors (Lipinski definition) is 5.